The van der Waals surface area contributed by atoms with Gasteiger partial charge in [0.25, 0.3) is 0 Å². The first kappa shape index (κ1) is 16.1. The van der Waals surface area contributed by atoms with Crippen LogP contribution in [0.4, 0.5) is 0 Å². The Hall–Kier alpha value is -2.81. The third kappa shape index (κ3) is 2.73. The van der Waals surface area contributed by atoms with Crippen LogP contribution in [0.5, 0.6) is 0 Å². The van der Waals surface area contributed by atoms with Crippen molar-refractivity contribution in [1.82, 2.24) is 4.57 Å². The number of aromatic carboxylic acids is 1. The lowest BCUT2D eigenvalue weighted by Gasteiger charge is -2.23. The van der Waals surface area contributed by atoms with Crippen LogP contribution in [0.2, 0.25) is 0 Å². The van der Waals surface area contributed by atoms with Crippen LogP contribution in [0.1, 0.15) is 40.1 Å². The van der Waals surface area contributed by atoms with Gasteiger partial charge in [0.15, 0.2) is 0 Å². The number of nitrogens with zero attached hydrogens (tertiary/aromatic N) is 1. The molecule has 0 saturated heterocycles. The molecule has 2 aromatic carbocycles. The number of carboxylic acids is 1. The molecule has 3 aromatic rings. The molecule has 3 nitrogen and oxygen atoms in total. The largest absolute Gasteiger partial charge is 0.477 e. The molecule has 0 fully saturated rings. The first-order valence-electron chi connectivity index (χ1n) is 8.06. The number of carbonyl (C=O) groups is 1. The molecule has 24 heavy (non-hydrogen) atoms. The summed E-state index contributed by atoms with van der Waals surface area (Å²) in [5.74, 6) is -0.902. The van der Waals surface area contributed by atoms with Crippen LogP contribution in [0, 0.1) is 13.8 Å². The van der Waals surface area contributed by atoms with Crippen molar-refractivity contribution >= 4 is 5.97 Å². The van der Waals surface area contributed by atoms with Crippen molar-refractivity contribution in [2.45, 2.75) is 26.8 Å². The quantitative estimate of drug-likeness (QED) is 0.728. The van der Waals surface area contributed by atoms with Gasteiger partial charge in [-0.25, -0.2) is 4.79 Å². The van der Waals surface area contributed by atoms with Crippen LogP contribution >= 0.6 is 0 Å². The monoisotopic (exact) mass is 319 g/mol. The molecule has 3 rings (SSSR count). The van der Waals surface area contributed by atoms with Crippen molar-refractivity contribution in [3.05, 3.63) is 83.2 Å². The Balaban J connectivity index is 2.14. The highest BCUT2D eigenvalue weighted by Gasteiger charge is 2.20. The van der Waals surface area contributed by atoms with Crippen molar-refractivity contribution in [3.8, 4) is 11.1 Å². The fourth-order valence-corrected chi connectivity index (χ4v) is 3.49. The van der Waals surface area contributed by atoms with E-state index in [-0.39, 0.29) is 6.04 Å². The van der Waals surface area contributed by atoms with Gasteiger partial charge in [-0.15, -0.1) is 0 Å². The van der Waals surface area contributed by atoms with Gasteiger partial charge in [-0.05, 0) is 60.7 Å². The van der Waals surface area contributed by atoms with Gasteiger partial charge in [-0.3, -0.25) is 0 Å². The van der Waals surface area contributed by atoms with Crippen LogP contribution in [-0.4, -0.2) is 15.6 Å². The van der Waals surface area contributed by atoms with E-state index in [1.165, 1.54) is 27.8 Å². The number of aromatic nitrogens is 1. The fourth-order valence-electron chi connectivity index (χ4n) is 3.49. The summed E-state index contributed by atoms with van der Waals surface area (Å²) >= 11 is 0. The third-order valence-electron chi connectivity index (χ3n) is 4.65. The van der Waals surface area contributed by atoms with E-state index < -0.39 is 5.97 Å². The molecule has 0 spiro atoms. The Morgan fingerprint density at radius 1 is 1.00 bits per heavy atom. The van der Waals surface area contributed by atoms with E-state index in [1.54, 1.807) is 12.1 Å². The average molecular weight is 319 g/mol. The van der Waals surface area contributed by atoms with E-state index in [2.05, 4.69) is 45.0 Å². The van der Waals surface area contributed by atoms with Crippen LogP contribution < -0.4 is 0 Å². The van der Waals surface area contributed by atoms with E-state index in [4.69, 9.17) is 0 Å². The number of hydrogen-bond donors (Lipinski definition) is 1. The van der Waals surface area contributed by atoms with Crippen molar-refractivity contribution in [1.29, 1.82) is 0 Å². The van der Waals surface area contributed by atoms with Crippen LogP contribution in [0.3, 0.4) is 0 Å². The maximum Gasteiger partial charge on any atom is 0.352 e. The van der Waals surface area contributed by atoms with Gasteiger partial charge in [0.05, 0.1) is 6.04 Å². The molecule has 1 N–H and O–H groups in total. The first-order chi connectivity index (χ1) is 11.5. The predicted molar refractivity (Wildman–Crippen MR) is 96.6 cm³/mol. The van der Waals surface area contributed by atoms with Gasteiger partial charge in [-0.1, -0.05) is 42.5 Å². The highest BCUT2D eigenvalue weighted by molar-refractivity contribution is 5.86. The molecule has 3 heteroatoms. The molecule has 1 atom stereocenters. The summed E-state index contributed by atoms with van der Waals surface area (Å²) in [6.07, 6.45) is 1.84. The van der Waals surface area contributed by atoms with Gasteiger partial charge in [0.2, 0.25) is 0 Å². The average Bonchev–Trinajstić information content (AvgIpc) is 3.05. The Labute approximate surface area is 142 Å². The second kappa shape index (κ2) is 6.36. The molecule has 0 aliphatic heterocycles. The maximum atomic E-state index is 11.5. The third-order valence-corrected chi connectivity index (χ3v) is 4.65. The van der Waals surface area contributed by atoms with Crippen LogP contribution in [-0.2, 0) is 0 Å². The molecule has 0 radical (unpaired) electrons. The molecule has 1 unspecified atom stereocenters. The number of hydrogen-bond acceptors (Lipinski definition) is 1. The Morgan fingerprint density at radius 2 is 1.71 bits per heavy atom. The summed E-state index contributed by atoms with van der Waals surface area (Å²) in [6.45, 7) is 6.25. The molecule has 0 amide bonds. The van der Waals surface area contributed by atoms with Crippen molar-refractivity contribution in [2.75, 3.05) is 0 Å². The van der Waals surface area contributed by atoms with Crippen LogP contribution in [0.15, 0.2) is 60.8 Å². The number of carboxylic acid groups (broad SMARTS) is 1. The zero-order valence-electron chi connectivity index (χ0n) is 14.2. The van der Waals surface area contributed by atoms with Gasteiger partial charge in [-0.2, -0.15) is 0 Å². The van der Waals surface area contributed by atoms with Gasteiger partial charge in [0, 0.05) is 6.20 Å². The number of benzene rings is 2. The Morgan fingerprint density at radius 3 is 2.38 bits per heavy atom. The highest BCUT2D eigenvalue weighted by atomic mass is 16.4. The van der Waals surface area contributed by atoms with Gasteiger partial charge < -0.3 is 9.67 Å². The lowest BCUT2D eigenvalue weighted by molar-refractivity contribution is 0.0684. The van der Waals surface area contributed by atoms with Crippen LogP contribution in [0.25, 0.3) is 11.1 Å². The molecule has 0 aliphatic rings. The lowest BCUT2D eigenvalue weighted by atomic mass is 9.90. The molecule has 0 saturated carbocycles. The smallest absolute Gasteiger partial charge is 0.352 e. The Bertz CT molecular complexity index is 878. The number of aryl methyl sites for hydroxylation is 1. The Kier molecular flexibility index (Phi) is 4.26. The predicted octanol–water partition coefficient (Wildman–Crippen LogP) is 5.08. The molecular weight excluding hydrogens is 298 g/mol. The van der Waals surface area contributed by atoms with E-state index in [1.807, 2.05) is 29.0 Å². The topological polar surface area (TPSA) is 42.2 Å². The summed E-state index contributed by atoms with van der Waals surface area (Å²) in [4.78, 5) is 11.5. The zero-order valence-corrected chi connectivity index (χ0v) is 14.2. The SMILES string of the molecule is Cc1ccc(-c2ccccc2)c(C)c1C(C)n1cccc1C(=O)O. The molecule has 122 valence electrons. The minimum Gasteiger partial charge on any atom is -0.477 e. The summed E-state index contributed by atoms with van der Waals surface area (Å²) in [5, 5.41) is 9.40. The summed E-state index contributed by atoms with van der Waals surface area (Å²) in [5.41, 5.74) is 6.21. The minimum atomic E-state index is -0.902. The van der Waals surface area contributed by atoms with E-state index in [0.29, 0.717) is 5.69 Å². The molecule has 0 aliphatic carbocycles. The second-order valence-electron chi connectivity index (χ2n) is 6.12. The molecular formula is C21H21NO2. The minimum absolute atomic E-state index is 0.0465. The zero-order chi connectivity index (χ0) is 17.3. The second-order valence-corrected chi connectivity index (χ2v) is 6.12. The highest BCUT2D eigenvalue weighted by Crippen LogP contribution is 2.33. The van der Waals surface area contributed by atoms with Crippen molar-refractivity contribution in [3.63, 3.8) is 0 Å². The van der Waals surface area contributed by atoms with Gasteiger partial charge in [0.1, 0.15) is 5.69 Å². The molecule has 0 bridgehead atoms. The van der Waals surface area contributed by atoms with E-state index in [0.717, 1.165) is 0 Å². The maximum absolute atomic E-state index is 11.5. The van der Waals surface area contributed by atoms with E-state index >= 15 is 0 Å². The standard InChI is InChI=1S/C21H21NO2/c1-14-11-12-18(17-8-5-4-6-9-17)15(2)20(14)16(3)22-13-7-10-19(22)21(23)24/h4-13,16H,1-3H3,(H,23,24). The fraction of sp³-hybridized carbons (Fsp3) is 0.190. The first-order valence-corrected chi connectivity index (χ1v) is 8.06. The van der Waals surface area contributed by atoms with E-state index in [9.17, 15) is 9.90 Å². The van der Waals surface area contributed by atoms with Gasteiger partial charge >= 0.3 is 5.97 Å². The van der Waals surface area contributed by atoms with Crippen molar-refractivity contribution < 1.29 is 9.90 Å². The lowest BCUT2D eigenvalue weighted by Crippen LogP contribution is -2.15. The number of rotatable bonds is 4. The summed E-state index contributed by atoms with van der Waals surface area (Å²) < 4.78 is 1.83. The summed E-state index contributed by atoms with van der Waals surface area (Å²) in [6, 6.07) is 17.9. The normalized spacial score (nSPS) is 12.1. The summed E-state index contributed by atoms with van der Waals surface area (Å²) in [7, 11) is 0. The van der Waals surface area contributed by atoms with Crippen molar-refractivity contribution in [2.24, 2.45) is 0 Å². The molecule has 1 aromatic heterocycles. The molecule has 1 heterocycles.